The van der Waals surface area contributed by atoms with Gasteiger partial charge in [-0.2, -0.15) is 0 Å². The van der Waals surface area contributed by atoms with Crippen LogP contribution in [0.4, 0.5) is 17.2 Å². The predicted octanol–water partition coefficient (Wildman–Crippen LogP) is 3.32. The highest BCUT2D eigenvalue weighted by atomic mass is 16.5. The summed E-state index contributed by atoms with van der Waals surface area (Å²) >= 11 is 0. The molecule has 6 nitrogen and oxygen atoms in total. The zero-order valence-electron chi connectivity index (χ0n) is 13.2. The first kappa shape index (κ1) is 14.4. The summed E-state index contributed by atoms with van der Waals surface area (Å²) in [5, 5.41) is 6.98. The zero-order valence-corrected chi connectivity index (χ0v) is 13.2. The molecule has 0 radical (unpaired) electrons. The number of carbonyl (C=O) groups is 1. The largest absolute Gasteiger partial charge is 0.360 e. The van der Waals surface area contributed by atoms with E-state index in [4.69, 9.17) is 4.52 Å². The number of anilines is 3. The monoisotopic (exact) mass is 320 g/mol. The van der Waals surface area contributed by atoms with Gasteiger partial charge in [0.1, 0.15) is 5.76 Å². The van der Waals surface area contributed by atoms with Crippen LogP contribution < -0.4 is 10.2 Å². The van der Waals surface area contributed by atoms with Gasteiger partial charge in [0.2, 0.25) is 0 Å². The van der Waals surface area contributed by atoms with E-state index in [9.17, 15) is 4.79 Å². The van der Waals surface area contributed by atoms with Gasteiger partial charge in [-0.15, -0.1) is 0 Å². The molecule has 4 rings (SSSR count). The van der Waals surface area contributed by atoms with Crippen LogP contribution in [0, 0.1) is 6.92 Å². The molecule has 24 heavy (non-hydrogen) atoms. The summed E-state index contributed by atoms with van der Waals surface area (Å²) in [7, 11) is 0. The third-order valence-electron chi connectivity index (χ3n) is 4.02. The summed E-state index contributed by atoms with van der Waals surface area (Å²) in [6.45, 7) is 2.51. The fourth-order valence-electron chi connectivity index (χ4n) is 2.90. The van der Waals surface area contributed by atoms with Gasteiger partial charge in [-0.25, -0.2) is 0 Å². The third-order valence-corrected chi connectivity index (χ3v) is 4.02. The Labute approximate surface area is 139 Å². The number of carbonyl (C=O) groups excluding carboxylic acids is 1. The lowest BCUT2D eigenvalue weighted by Crippen LogP contribution is -2.29. The molecule has 6 heteroatoms. The number of fused-ring (bicyclic) bond motifs is 1. The van der Waals surface area contributed by atoms with Crippen molar-refractivity contribution in [2.24, 2.45) is 0 Å². The number of rotatable bonds is 3. The Hall–Kier alpha value is -3.15. The number of aromatic nitrogens is 2. The van der Waals surface area contributed by atoms with Crippen molar-refractivity contribution in [3.63, 3.8) is 0 Å². The van der Waals surface area contributed by atoms with Crippen LogP contribution in [0.3, 0.4) is 0 Å². The van der Waals surface area contributed by atoms with Crippen LogP contribution in [0.15, 0.2) is 53.3 Å². The molecule has 1 amide bonds. The minimum absolute atomic E-state index is 0.0487. The highest BCUT2D eigenvalue weighted by molar-refractivity contribution is 6.07. The number of pyridine rings is 1. The third kappa shape index (κ3) is 2.62. The fraction of sp³-hybridized carbons (Fsp3) is 0.167. The highest BCUT2D eigenvalue weighted by Gasteiger charge is 2.25. The van der Waals surface area contributed by atoms with E-state index in [1.807, 2.05) is 25.1 Å². The van der Waals surface area contributed by atoms with E-state index in [0.29, 0.717) is 29.4 Å². The first-order chi connectivity index (χ1) is 11.7. The van der Waals surface area contributed by atoms with Gasteiger partial charge < -0.3 is 14.7 Å². The van der Waals surface area contributed by atoms with Crippen LogP contribution in [-0.4, -0.2) is 22.6 Å². The van der Waals surface area contributed by atoms with E-state index >= 15 is 0 Å². The summed E-state index contributed by atoms with van der Waals surface area (Å²) in [6.07, 6.45) is 4.12. The molecule has 0 saturated carbocycles. The van der Waals surface area contributed by atoms with Gasteiger partial charge >= 0.3 is 0 Å². The fourth-order valence-corrected chi connectivity index (χ4v) is 2.90. The summed E-state index contributed by atoms with van der Waals surface area (Å²) in [5.74, 6) is 1.25. The molecule has 0 unspecified atom stereocenters. The molecule has 0 atom stereocenters. The van der Waals surface area contributed by atoms with Crippen LogP contribution in [-0.2, 0) is 6.42 Å². The van der Waals surface area contributed by atoms with Gasteiger partial charge in [0.15, 0.2) is 5.82 Å². The van der Waals surface area contributed by atoms with Gasteiger partial charge in [0.05, 0.1) is 17.4 Å². The Morgan fingerprint density at radius 1 is 1.25 bits per heavy atom. The number of benzene rings is 1. The van der Waals surface area contributed by atoms with E-state index in [1.165, 1.54) is 5.56 Å². The normalized spacial score (nSPS) is 13.0. The molecule has 120 valence electrons. The Morgan fingerprint density at radius 3 is 2.96 bits per heavy atom. The van der Waals surface area contributed by atoms with Crippen molar-refractivity contribution >= 4 is 23.1 Å². The first-order valence-electron chi connectivity index (χ1n) is 7.76. The minimum atomic E-state index is -0.0487. The molecular formula is C18H16N4O2. The van der Waals surface area contributed by atoms with Gasteiger partial charge in [0, 0.05) is 24.5 Å². The molecule has 1 aliphatic rings. The van der Waals surface area contributed by atoms with Gasteiger partial charge in [-0.05, 0) is 31.0 Å². The maximum atomic E-state index is 12.8. The average Bonchev–Trinajstić information content (AvgIpc) is 3.20. The quantitative estimate of drug-likeness (QED) is 0.801. The lowest BCUT2D eigenvalue weighted by atomic mass is 10.2. The van der Waals surface area contributed by atoms with Crippen LogP contribution in [0.25, 0.3) is 0 Å². The number of amides is 1. The van der Waals surface area contributed by atoms with E-state index in [1.54, 1.807) is 29.4 Å². The van der Waals surface area contributed by atoms with Gasteiger partial charge in [-0.1, -0.05) is 23.4 Å². The molecule has 0 spiro atoms. The number of hydrogen-bond donors (Lipinski definition) is 1. The molecule has 3 heterocycles. The Balaban J connectivity index is 1.58. The smallest absolute Gasteiger partial charge is 0.259 e. The SMILES string of the molecule is Cc1cc(Nc2cncc(C(=O)N3CCc4ccccc43)c2)no1. The molecule has 0 saturated heterocycles. The topological polar surface area (TPSA) is 71.3 Å². The summed E-state index contributed by atoms with van der Waals surface area (Å²) in [5.41, 5.74) is 3.41. The van der Waals surface area contributed by atoms with Gasteiger partial charge in [-0.3, -0.25) is 9.78 Å². The number of nitrogens with zero attached hydrogens (tertiary/aromatic N) is 3. The Morgan fingerprint density at radius 2 is 2.12 bits per heavy atom. The van der Waals surface area contributed by atoms with Crippen molar-refractivity contribution in [1.82, 2.24) is 10.1 Å². The average molecular weight is 320 g/mol. The van der Waals surface area contributed by atoms with Crippen molar-refractivity contribution in [2.45, 2.75) is 13.3 Å². The number of hydrogen-bond acceptors (Lipinski definition) is 5. The van der Waals surface area contributed by atoms with E-state index in [0.717, 1.165) is 12.1 Å². The maximum absolute atomic E-state index is 12.8. The van der Waals surface area contributed by atoms with Crippen molar-refractivity contribution in [2.75, 3.05) is 16.8 Å². The molecule has 0 bridgehead atoms. The molecule has 0 aliphatic carbocycles. The molecule has 1 aromatic carbocycles. The molecule has 3 aromatic rings. The van der Waals surface area contributed by atoms with Crippen LogP contribution in [0.1, 0.15) is 21.7 Å². The van der Waals surface area contributed by atoms with Crippen molar-refractivity contribution in [1.29, 1.82) is 0 Å². The van der Waals surface area contributed by atoms with E-state index in [-0.39, 0.29) is 5.91 Å². The van der Waals surface area contributed by atoms with Crippen molar-refractivity contribution in [3.05, 3.63) is 65.7 Å². The molecule has 1 N–H and O–H groups in total. The second kappa shape index (κ2) is 5.81. The summed E-state index contributed by atoms with van der Waals surface area (Å²) in [6, 6.07) is 11.6. The molecule has 0 fully saturated rings. The van der Waals surface area contributed by atoms with Gasteiger partial charge in [0.25, 0.3) is 5.91 Å². The summed E-state index contributed by atoms with van der Waals surface area (Å²) < 4.78 is 5.03. The zero-order chi connectivity index (χ0) is 16.5. The number of aryl methyl sites for hydroxylation is 1. The van der Waals surface area contributed by atoms with Crippen LogP contribution in [0.2, 0.25) is 0 Å². The summed E-state index contributed by atoms with van der Waals surface area (Å²) in [4.78, 5) is 18.8. The first-order valence-corrected chi connectivity index (χ1v) is 7.76. The maximum Gasteiger partial charge on any atom is 0.259 e. The van der Waals surface area contributed by atoms with E-state index in [2.05, 4.69) is 21.5 Å². The number of nitrogens with one attached hydrogen (secondary N) is 1. The predicted molar refractivity (Wildman–Crippen MR) is 90.6 cm³/mol. The number of para-hydroxylation sites is 1. The van der Waals surface area contributed by atoms with E-state index < -0.39 is 0 Å². The Bertz CT molecular complexity index is 903. The van der Waals surface area contributed by atoms with Crippen molar-refractivity contribution < 1.29 is 9.32 Å². The lowest BCUT2D eigenvalue weighted by molar-refractivity contribution is 0.0989. The molecule has 2 aromatic heterocycles. The lowest BCUT2D eigenvalue weighted by Gasteiger charge is -2.17. The van der Waals surface area contributed by atoms with Crippen LogP contribution >= 0.6 is 0 Å². The standard InChI is InChI=1S/C18H16N4O2/c1-12-8-17(21-24-12)20-15-9-14(10-19-11-15)18(23)22-7-6-13-4-2-3-5-16(13)22/h2-5,8-11H,6-7H2,1H3,(H,20,21). The second-order valence-electron chi connectivity index (χ2n) is 5.75. The van der Waals surface area contributed by atoms with Crippen LogP contribution in [0.5, 0.6) is 0 Å². The highest BCUT2D eigenvalue weighted by Crippen LogP contribution is 2.29. The molecular weight excluding hydrogens is 304 g/mol. The second-order valence-corrected chi connectivity index (χ2v) is 5.75. The Kier molecular flexibility index (Phi) is 3.49. The minimum Gasteiger partial charge on any atom is -0.360 e. The van der Waals surface area contributed by atoms with Crippen molar-refractivity contribution in [3.8, 4) is 0 Å². The molecule has 1 aliphatic heterocycles.